The van der Waals surface area contributed by atoms with Crippen molar-refractivity contribution in [2.24, 2.45) is 0 Å². The van der Waals surface area contributed by atoms with E-state index in [0.717, 1.165) is 41.5 Å². The van der Waals surface area contributed by atoms with Gasteiger partial charge in [0.1, 0.15) is 11.5 Å². The Morgan fingerprint density at radius 3 is 1.47 bits per heavy atom. The summed E-state index contributed by atoms with van der Waals surface area (Å²) >= 11 is 0. The van der Waals surface area contributed by atoms with Crippen LogP contribution in [0.15, 0.2) is 115 Å². The molecular weight excluding hydrogens is 547 g/mol. The second-order valence-corrected chi connectivity index (χ2v) is 8.28. The van der Waals surface area contributed by atoms with E-state index in [4.69, 9.17) is 14.2 Å². The number of rotatable bonds is 8. The van der Waals surface area contributed by atoms with Gasteiger partial charge >= 0.3 is 0 Å². The first-order valence-electron chi connectivity index (χ1n) is 12.0. The summed E-state index contributed by atoms with van der Waals surface area (Å²) in [7, 11) is 3.33. The number of nitrogens with zero attached hydrogens (tertiary/aromatic N) is 1. The number of hydrogen-bond donors (Lipinski definition) is 0. The van der Waals surface area contributed by atoms with Crippen LogP contribution in [0, 0.1) is 12.1 Å². The molecule has 4 aromatic carbocycles. The average molecular weight is 577 g/mol. The zero-order chi connectivity index (χ0) is 25.7. The molecule has 1 aromatic heterocycles. The molecular formula is C33H29NO3Y-2. The van der Waals surface area contributed by atoms with E-state index >= 15 is 0 Å². The van der Waals surface area contributed by atoms with Crippen LogP contribution in [-0.2, 0) is 45.6 Å². The van der Waals surface area contributed by atoms with Crippen molar-refractivity contribution >= 4 is 0 Å². The van der Waals surface area contributed by atoms with Gasteiger partial charge in [-0.1, -0.05) is 30.3 Å². The molecule has 189 valence electrons. The van der Waals surface area contributed by atoms with Gasteiger partial charge in [0.25, 0.3) is 0 Å². The van der Waals surface area contributed by atoms with Crippen molar-refractivity contribution in [2.45, 2.75) is 12.8 Å². The minimum absolute atomic E-state index is 0. The third-order valence-corrected chi connectivity index (χ3v) is 5.61. The van der Waals surface area contributed by atoms with Crippen LogP contribution in [0.2, 0.25) is 0 Å². The van der Waals surface area contributed by atoms with Gasteiger partial charge in [-0.15, -0.1) is 24.3 Å². The van der Waals surface area contributed by atoms with Crippen LogP contribution in [-0.4, -0.2) is 19.2 Å². The van der Waals surface area contributed by atoms with E-state index in [-0.39, 0.29) is 32.7 Å². The van der Waals surface area contributed by atoms with Crippen molar-refractivity contribution in [3.05, 3.63) is 150 Å². The fraction of sp³-hybridized carbons (Fsp3) is 0.121. The van der Waals surface area contributed by atoms with Gasteiger partial charge in [-0.2, -0.15) is 36.4 Å². The van der Waals surface area contributed by atoms with E-state index in [1.807, 2.05) is 79.0 Å². The van der Waals surface area contributed by atoms with Crippen LogP contribution in [0.4, 0.5) is 0 Å². The van der Waals surface area contributed by atoms with E-state index in [2.05, 4.69) is 53.5 Å². The summed E-state index contributed by atoms with van der Waals surface area (Å²) < 4.78 is 15.9. The van der Waals surface area contributed by atoms with Crippen molar-refractivity contribution in [2.75, 3.05) is 14.2 Å². The molecule has 0 saturated carbocycles. The van der Waals surface area contributed by atoms with E-state index in [1.165, 1.54) is 16.7 Å². The molecule has 5 aromatic rings. The smallest absolute Gasteiger partial charge is 0.124 e. The van der Waals surface area contributed by atoms with Crippen molar-refractivity contribution in [1.82, 2.24) is 4.98 Å². The number of aromatic nitrogens is 1. The first-order valence-corrected chi connectivity index (χ1v) is 12.0. The Morgan fingerprint density at radius 2 is 0.974 bits per heavy atom. The topological polar surface area (TPSA) is 40.6 Å². The van der Waals surface area contributed by atoms with Gasteiger partial charge < -0.3 is 14.2 Å². The van der Waals surface area contributed by atoms with E-state index in [1.54, 1.807) is 14.2 Å². The van der Waals surface area contributed by atoms with Crippen molar-refractivity contribution in [3.8, 4) is 23.0 Å². The number of ether oxygens (including phenoxy) is 3. The number of hydrogen-bond acceptors (Lipinski definition) is 4. The van der Waals surface area contributed by atoms with Crippen LogP contribution in [0.5, 0.6) is 23.0 Å². The summed E-state index contributed by atoms with van der Waals surface area (Å²) in [6.07, 6.45) is 3.62. The molecule has 0 saturated heterocycles. The van der Waals surface area contributed by atoms with Gasteiger partial charge in [0.2, 0.25) is 0 Å². The predicted molar refractivity (Wildman–Crippen MR) is 146 cm³/mol. The summed E-state index contributed by atoms with van der Waals surface area (Å²) in [6.45, 7) is 0. The summed E-state index contributed by atoms with van der Waals surface area (Å²) in [5.74, 6) is 3.39. The van der Waals surface area contributed by atoms with Crippen molar-refractivity contribution in [3.63, 3.8) is 0 Å². The quantitative estimate of drug-likeness (QED) is 0.181. The van der Waals surface area contributed by atoms with Crippen LogP contribution < -0.4 is 14.2 Å². The summed E-state index contributed by atoms with van der Waals surface area (Å²) in [6, 6.07) is 41.2. The van der Waals surface area contributed by atoms with E-state index < -0.39 is 0 Å². The number of benzene rings is 4. The molecule has 0 spiro atoms. The average Bonchev–Trinajstić information content (AvgIpc) is 2.97. The second-order valence-electron chi connectivity index (χ2n) is 8.28. The van der Waals surface area contributed by atoms with E-state index in [0.29, 0.717) is 0 Å². The Hall–Kier alpha value is -3.47. The second kappa shape index (κ2) is 15.7. The van der Waals surface area contributed by atoms with E-state index in [9.17, 15) is 0 Å². The third-order valence-electron chi connectivity index (χ3n) is 5.61. The molecule has 0 atom stereocenters. The van der Waals surface area contributed by atoms with Gasteiger partial charge in [-0.3, -0.25) is 4.98 Å². The Morgan fingerprint density at radius 1 is 0.526 bits per heavy atom. The van der Waals surface area contributed by atoms with Gasteiger partial charge in [0.15, 0.2) is 0 Å². The fourth-order valence-electron chi connectivity index (χ4n) is 3.61. The Labute approximate surface area is 250 Å². The number of methoxy groups -OCH3 is 2. The van der Waals surface area contributed by atoms with Crippen molar-refractivity contribution < 1.29 is 46.9 Å². The number of pyridine rings is 1. The van der Waals surface area contributed by atoms with Crippen LogP contribution in [0.3, 0.4) is 0 Å². The molecule has 38 heavy (non-hydrogen) atoms. The summed E-state index contributed by atoms with van der Waals surface area (Å²) in [4.78, 5) is 4.63. The monoisotopic (exact) mass is 576 g/mol. The molecule has 0 fully saturated rings. The van der Waals surface area contributed by atoms with Crippen LogP contribution in [0.25, 0.3) is 0 Å². The molecule has 4 nitrogen and oxygen atoms in total. The Kier molecular flexibility index (Phi) is 12.0. The predicted octanol–water partition coefficient (Wildman–Crippen LogP) is 7.36. The molecule has 0 aliphatic carbocycles. The third kappa shape index (κ3) is 9.44. The molecule has 1 radical (unpaired) electrons. The maximum atomic E-state index is 5.83. The molecule has 0 bridgehead atoms. The first kappa shape index (κ1) is 29.1. The first-order chi connectivity index (χ1) is 18.2. The summed E-state index contributed by atoms with van der Waals surface area (Å²) in [5.41, 5.74) is 4.69. The van der Waals surface area contributed by atoms with Gasteiger partial charge in [0.05, 0.1) is 14.2 Å². The molecule has 5 rings (SSSR count). The fourth-order valence-corrected chi connectivity index (χ4v) is 3.61. The molecule has 0 aliphatic heterocycles. The summed E-state index contributed by atoms with van der Waals surface area (Å²) in [5, 5.41) is 0. The van der Waals surface area contributed by atoms with Gasteiger partial charge in [-0.25, -0.2) is 0 Å². The van der Waals surface area contributed by atoms with Gasteiger partial charge in [0, 0.05) is 62.5 Å². The minimum atomic E-state index is 0. The van der Waals surface area contributed by atoms with Crippen LogP contribution in [0.1, 0.15) is 22.4 Å². The Bertz CT molecular complexity index is 1330. The molecule has 1 heterocycles. The molecule has 0 unspecified atom stereocenters. The largest absolute Gasteiger partial charge is 0.522 e. The van der Waals surface area contributed by atoms with Crippen molar-refractivity contribution in [1.29, 1.82) is 0 Å². The maximum Gasteiger partial charge on any atom is 0.124 e. The molecule has 0 aliphatic rings. The standard InChI is InChI=1S/C26H22NO2.C7H7O.Y/c1-28-24-13-8-20(9-14-24)17-22-7-12-23(27-19-22)18-21-10-15-26(16-11-21)29-25-5-3-2-4-6-25;1-8-7-5-3-2-4-6-7;/h3-16,19H,17-18H2,1H3;3-6H,1H3;/q2*-1;. The zero-order valence-corrected chi connectivity index (χ0v) is 24.5. The maximum absolute atomic E-state index is 5.83. The SMILES string of the molecule is COc1cc[c-]cc1.COc1ccc(Cc2ccc(Cc3ccc(Oc4cc[c-]cc4)cc3)nc2)cc1.[Y]. The molecule has 0 N–H and O–H groups in total. The molecule has 5 heteroatoms. The normalized spacial score (nSPS) is 9.84. The Balaban J connectivity index is 0.000000382. The van der Waals surface area contributed by atoms with Gasteiger partial charge in [-0.05, 0) is 53.4 Å². The zero-order valence-electron chi connectivity index (χ0n) is 21.6. The van der Waals surface area contributed by atoms with Crippen LogP contribution >= 0.6 is 0 Å². The molecule has 0 amide bonds. The minimum Gasteiger partial charge on any atom is -0.522 e.